The van der Waals surface area contributed by atoms with Gasteiger partial charge in [0, 0.05) is 45.3 Å². The van der Waals surface area contributed by atoms with Crippen LogP contribution in [0.3, 0.4) is 0 Å². The second-order valence-corrected chi connectivity index (χ2v) is 24.6. The summed E-state index contributed by atoms with van der Waals surface area (Å²) >= 11 is 0. The summed E-state index contributed by atoms with van der Waals surface area (Å²) in [5.41, 5.74) is -0.953. The molecule has 2 saturated heterocycles. The van der Waals surface area contributed by atoms with Crippen molar-refractivity contribution < 1.29 is 60.7 Å². The molecule has 2 aliphatic heterocycles. The van der Waals surface area contributed by atoms with Gasteiger partial charge in [-0.05, 0) is 110 Å². The molecule has 2 aliphatic rings. The number of hydrogen-bond donors (Lipinski definition) is 0. The van der Waals surface area contributed by atoms with Crippen LogP contribution in [0.1, 0.15) is 67.2 Å². The average molecular weight is 1040 g/mol. The van der Waals surface area contributed by atoms with Crippen LogP contribution in [-0.2, 0) is 40.1 Å². The van der Waals surface area contributed by atoms with Crippen molar-refractivity contribution >= 4 is 51.5 Å². The topological polar surface area (TPSA) is 168 Å². The average Bonchev–Trinajstić information content (AvgIpc) is 3.27. The molecule has 0 atom stereocenters. The van der Waals surface area contributed by atoms with Crippen LogP contribution in [0.2, 0.25) is 0 Å². The summed E-state index contributed by atoms with van der Waals surface area (Å²) in [4.78, 5) is -0.198. The molecule has 4 aromatic rings. The van der Waals surface area contributed by atoms with Gasteiger partial charge in [-0.3, -0.25) is 8.61 Å². The highest BCUT2D eigenvalue weighted by molar-refractivity contribution is 7.93. The number of sulfonamides is 4. The maximum atomic E-state index is 14.4. The molecule has 0 saturated carbocycles. The van der Waals surface area contributed by atoms with Gasteiger partial charge in [0.15, 0.2) is 11.6 Å². The molecule has 0 N–H and O–H groups in total. The first kappa shape index (κ1) is 56.1. The first-order valence-corrected chi connectivity index (χ1v) is 28.7. The van der Waals surface area contributed by atoms with Crippen molar-refractivity contribution in [2.24, 2.45) is 11.8 Å². The van der Waals surface area contributed by atoms with E-state index in [9.17, 15) is 51.2 Å². The normalized spacial score (nSPS) is 15.8. The lowest BCUT2D eigenvalue weighted by Crippen LogP contribution is -2.41. The lowest BCUT2D eigenvalue weighted by atomic mass is 10.1. The number of halogens is 4. The first-order chi connectivity index (χ1) is 31.8. The van der Waals surface area contributed by atoms with Crippen LogP contribution in [-0.4, -0.2) is 106 Å². The first-order valence-electron chi connectivity index (χ1n) is 22.2. The van der Waals surface area contributed by atoms with Crippen molar-refractivity contribution in [2.75, 3.05) is 60.4 Å². The predicted molar refractivity (Wildman–Crippen MR) is 256 cm³/mol. The summed E-state index contributed by atoms with van der Waals surface area (Å²) < 4.78 is 173. The molecule has 4 aromatic carbocycles. The summed E-state index contributed by atoms with van der Waals surface area (Å²) in [6.45, 7) is 12.4. The Morgan fingerprint density at radius 1 is 0.544 bits per heavy atom. The van der Waals surface area contributed by atoms with Gasteiger partial charge in [-0.15, -0.1) is 0 Å². The molecule has 0 bridgehead atoms. The Hall–Kier alpha value is -4.48. The molecule has 0 aliphatic carbocycles. The van der Waals surface area contributed by atoms with E-state index in [1.807, 2.05) is 13.8 Å². The zero-order chi connectivity index (χ0) is 50.8. The van der Waals surface area contributed by atoms with E-state index >= 15 is 0 Å². The Kier molecular flexibility index (Phi) is 19.7. The highest BCUT2D eigenvalue weighted by Crippen LogP contribution is 2.33. The van der Waals surface area contributed by atoms with Crippen LogP contribution in [0.4, 0.5) is 28.9 Å². The van der Waals surface area contributed by atoms with Gasteiger partial charge in [0.05, 0.1) is 28.0 Å². The monoisotopic (exact) mass is 1030 g/mol. The fourth-order valence-electron chi connectivity index (χ4n) is 7.29. The van der Waals surface area contributed by atoms with E-state index in [-0.39, 0.29) is 52.6 Å². The summed E-state index contributed by atoms with van der Waals surface area (Å²) in [6.07, 6.45) is 4.03. The van der Waals surface area contributed by atoms with Gasteiger partial charge < -0.3 is 9.47 Å². The molecule has 0 spiro atoms. The predicted octanol–water partition coefficient (Wildman–Crippen LogP) is 8.26. The number of anilines is 2. The van der Waals surface area contributed by atoms with Crippen LogP contribution < -0.4 is 18.1 Å². The number of para-hydroxylation sites is 1. The molecule has 0 aromatic heterocycles. The second-order valence-electron chi connectivity index (χ2n) is 16.9. The van der Waals surface area contributed by atoms with Crippen molar-refractivity contribution in [3.05, 3.63) is 108 Å². The van der Waals surface area contributed by atoms with Crippen molar-refractivity contribution in [1.82, 2.24) is 8.61 Å². The van der Waals surface area contributed by atoms with E-state index in [2.05, 4.69) is 0 Å². The number of piperidine rings is 2. The van der Waals surface area contributed by atoms with Gasteiger partial charge in [-0.1, -0.05) is 47.6 Å². The lowest BCUT2D eigenvalue weighted by molar-refractivity contribution is 0.135. The molecule has 0 radical (unpaired) electrons. The largest absolute Gasteiger partial charge is 0.490 e. The maximum Gasteiger partial charge on any atom is 0.264 e. The van der Waals surface area contributed by atoms with Crippen LogP contribution in [0, 0.1) is 35.1 Å². The Balaban J connectivity index is 0.000000286. The van der Waals surface area contributed by atoms with Crippen molar-refractivity contribution in [2.45, 2.75) is 89.2 Å². The number of nitrogens with zero attached hydrogens (tertiary/aromatic N) is 4. The van der Waals surface area contributed by atoms with Gasteiger partial charge >= 0.3 is 0 Å². The van der Waals surface area contributed by atoms with Gasteiger partial charge in [0.1, 0.15) is 41.0 Å². The third kappa shape index (κ3) is 15.0. The molecule has 6 rings (SSSR count). The molecule has 14 nitrogen and oxygen atoms in total. The van der Waals surface area contributed by atoms with E-state index in [4.69, 9.17) is 9.47 Å². The molecule has 22 heteroatoms. The number of benzene rings is 4. The molecule has 378 valence electrons. The van der Waals surface area contributed by atoms with Gasteiger partial charge in [0.25, 0.3) is 20.0 Å². The molecular formula is C46H62F4N4O10S4. The van der Waals surface area contributed by atoms with E-state index < -0.39 is 69.0 Å². The molecular weight excluding hydrogens is 973 g/mol. The standard InChI is InChI=1S/2C22H28F2N2O5S2.C2H6/c1-16(2)15-26(22-14-17(23)4-9-21(22)24)33(29,30)20-7-5-18(6-8-20)31-19-10-12-25(13-11-19)32(3,27)28;1-16(2)15-26(22-20(23)5-4-6-21(22)24)33(29,30)19-9-7-17(8-10-19)31-18-11-13-25(14-12-18)32(3,27)28;1-2/h4-9,14,16,19H,10-13,15H2,1-3H3;4-10,16,18H,11-15H2,1-3H3;1-2H3. The van der Waals surface area contributed by atoms with Gasteiger partial charge in [-0.25, -0.2) is 59.8 Å². The Morgan fingerprint density at radius 2 is 0.912 bits per heavy atom. The Morgan fingerprint density at radius 3 is 1.28 bits per heavy atom. The van der Waals surface area contributed by atoms with Crippen molar-refractivity contribution in [1.29, 1.82) is 0 Å². The molecule has 2 heterocycles. The van der Waals surface area contributed by atoms with Crippen LogP contribution in [0.15, 0.2) is 94.7 Å². The van der Waals surface area contributed by atoms with Gasteiger partial charge in [0.2, 0.25) is 20.0 Å². The van der Waals surface area contributed by atoms with Crippen molar-refractivity contribution in [3.63, 3.8) is 0 Å². The third-order valence-electron chi connectivity index (χ3n) is 10.6. The van der Waals surface area contributed by atoms with Crippen molar-refractivity contribution in [3.8, 4) is 11.5 Å². The molecule has 68 heavy (non-hydrogen) atoms. The zero-order valence-corrected chi connectivity index (χ0v) is 42.7. The van der Waals surface area contributed by atoms with E-state index in [0.29, 0.717) is 63.4 Å². The van der Waals surface area contributed by atoms with E-state index in [1.165, 1.54) is 75.7 Å². The second kappa shape index (κ2) is 23.9. The highest BCUT2D eigenvalue weighted by atomic mass is 32.2. The highest BCUT2D eigenvalue weighted by Gasteiger charge is 2.32. The van der Waals surface area contributed by atoms with Crippen LogP contribution in [0.5, 0.6) is 11.5 Å². The minimum atomic E-state index is -4.24. The maximum absolute atomic E-state index is 14.4. The summed E-state index contributed by atoms with van der Waals surface area (Å²) in [7, 11) is -14.9. The summed E-state index contributed by atoms with van der Waals surface area (Å²) in [6, 6.07) is 17.3. The zero-order valence-electron chi connectivity index (χ0n) is 39.5. The molecule has 2 fully saturated rings. The van der Waals surface area contributed by atoms with Crippen LogP contribution >= 0.6 is 0 Å². The minimum Gasteiger partial charge on any atom is -0.490 e. The number of rotatable bonds is 16. The number of ether oxygens (including phenoxy) is 2. The third-order valence-corrected chi connectivity index (χ3v) is 16.8. The molecule has 0 unspecified atom stereocenters. The Bertz CT molecular complexity index is 2710. The smallest absolute Gasteiger partial charge is 0.264 e. The quantitative estimate of drug-likeness (QED) is 0.0997. The summed E-state index contributed by atoms with van der Waals surface area (Å²) in [5, 5.41) is 0. The minimum absolute atomic E-state index is 0.0279. The fraction of sp³-hybridized carbons (Fsp3) is 0.478. The molecule has 0 amide bonds. The fourth-order valence-corrected chi connectivity index (χ4v) is 12.3. The van der Waals surface area contributed by atoms with E-state index in [0.717, 1.165) is 38.9 Å². The summed E-state index contributed by atoms with van der Waals surface area (Å²) in [5.74, 6) is -2.93. The van der Waals surface area contributed by atoms with E-state index in [1.54, 1.807) is 27.7 Å². The number of hydrogen-bond acceptors (Lipinski definition) is 10. The van der Waals surface area contributed by atoms with Gasteiger partial charge in [-0.2, -0.15) is 0 Å². The van der Waals surface area contributed by atoms with Crippen LogP contribution in [0.25, 0.3) is 0 Å². The Labute approximate surface area is 400 Å². The SMILES string of the molecule is CC.CC(C)CN(c1c(F)cccc1F)S(=O)(=O)c1ccc(OC2CCN(S(C)(=O)=O)CC2)cc1.CC(C)CN(c1cc(F)ccc1F)S(=O)(=O)c1ccc(OC2CCN(S(C)(=O)=O)CC2)cc1. The lowest BCUT2D eigenvalue weighted by Gasteiger charge is -2.30.